The van der Waals surface area contributed by atoms with Gasteiger partial charge in [-0.3, -0.25) is 10.1 Å². The molecule has 0 saturated carbocycles. The largest absolute Gasteiger partial charge is 0.445 e. The molecule has 0 unspecified atom stereocenters. The molecule has 0 spiro atoms. The second kappa shape index (κ2) is 10.9. The van der Waals surface area contributed by atoms with Crippen LogP contribution >= 0.6 is 11.8 Å². The predicted molar refractivity (Wildman–Crippen MR) is 105 cm³/mol. The molecule has 148 valence electrons. The van der Waals surface area contributed by atoms with Gasteiger partial charge in [0.05, 0.1) is 4.92 Å². The third-order valence-electron chi connectivity index (χ3n) is 3.67. The first-order valence-electron chi connectivity index (χ1n) is 8.42. The first kappa shape index (κ1) is 21.2. The van der Waals surface area contributed by atoms with Crippen molar-refractivity contribution in [2.45, 2.75) is 19.1 Å². The van der Waals surface area contributed by atoms with E-state index in [2.05, 4.69) is 5.32 Å². The van der Waals surface area contributed by atoms with Crippen molar-refractivity contribution < 1.29 is 24.0 Å². The predicted octanol–water partition coefficient (Wildman–Crippen LogP) is 3.55. The quantitative estimate of drug-likeness (QED) is 0.295. The number of nitro benzene ring substituents is 1. The van der Waals surface area contributed by atoms with Gasteiger partial charge in [-0.15, -0.1) is 0 Å². The van der Waals surface area contributed by atoms with Crippen LogP contribution in [0.15, 0.2) is 54.6 Å². The molecule has 0 heterocycles. The maximum atomic E-state index is 12.4. The van der Waals surface area contributed by atoms with Crippen molar-refractivity contribution in [1.29, 1.82) is 0 Å². The van der Waals surface area contributed by atoms with Crippen molar-refractivity contribution in [3.8, 4) is 5.75 Å². The van der Waals surface area contributed by atoms with Gasteiger partial charge < -0.3 is 14.8 Å². The molecule has 0 aliphatic heterocycles. The number of hydrogen-bond donors (Lipinski definition) is 1. The lowest BCUT2D eigenvalue weighted by molar-refractivity contribution is -0.384. The minimum atomic E-state index is -0.897. The van der Waals surface area contributed by atoms with Crippen LogP contribution in [0.5, 0.6) is 5.75 Å². The van der Waals surface area contributed by atoms with E-state index in [1.54, 1.807) is 0 Å². The summed E-state index contributed by atoms with van der Waals surface area (Å²) in [7, 11) is 0. The van der Waals surface area contributed by atoms with E-state index in [-0.39, 0.29) is 18.0 Å². The van der Waals surface area contributed by atoms with E-state index in [1.807, 2.05) is 36.6 Å². The lowest BCUT2D eigenvalue weighted by Gasteiger charge is -2.17. The zero-order valence-corrected chi connectivity index (χ0v) is 16.0. The number of nitro groups is 1. The summed E-state index contributed by atoms with van der Waals surface area (Å²) >= 11 is 1.52. The van der Waals surface area contributed by atoms with E-state index in [0.717, 1.165) is 5.56 Å². The van der Waals surface area contributed by atoms with Crippen molar-refractivity contribution in [2.75, 3.05) is 12.0 Å². The Labute approximate surface area is 166 Å². The average Bonchev–Trinajstić information content (AvgIpc) is 2.70. The summed E-state index contributed by atoms with van der Waals surface area (Å²) in [6.07, 6.45) is 1.51. The molecule has 2 rings (SSSR count). The van der Waals surface area contributed by atoms with Crippen molar-refractivity contribution in [3.63, 3.8) is 0 Å². The van der Waals surface area contributed by atoms with E-state index < -0.39 is 23.0 Å². The molecule has 1 atom stereocenters. The number of nitrogens with one attached hydrogen (secondary N) is 1. The number of ether oxygens (including phenoxy) is 2. The smallest absolute Gasteiger partial charge is 0.408 e. The summed E-state index contributed by atoms with van der Waals surface area (Å²) < 4.78 is 10.4. The molecule has 8 nitrogen and oxygen atoms in total. The average molecular weight is 404 g/mol. The zero-order valence-electron chi connectivity index (χ0n) is 15.2. The molecule has 0 aromatic heterocycles. The Morgan fingerprint density at radius 2 is 1.82 bits per heavy atom. The molecule has 0 radical (unpaired) electrons. The molecule has 2 aromatic rings. The molecule has 0 aliphatic rings. The Kier molecular flexibility index (Phi) is 8.29. The van der Waals surface area contributed by atoms with E-state index >= 15 is 0 Å². The van der Waals surface area contributed by atoms with Gasteiger partial charge in [0.2, 0.25) is 0 Å². The monoisotopic (exact) mass is 404 g/mol. The number of rotatable bonds is 9. The third-order valence-corrected chi connectivity index (χ3v) is 4.31. The molecule has 1 amide bonds. The van der Waals surface area contributed by atoms with E-state index in [0.29, 0.717) is 12.2 Å². The van der Waals surface area contributed by atoms with E-state index in [9.17, 15) is 19.7 Å². The van der Waals surface area contributed by atoms with Crippen LogP contribution in [0.2, 0.25) is 0 Å². The second-order valence-electron chi connectivity index (χ2n) is 5.71. The maximum Gasteiger partial charge on any atom is 0.408 e. The summed E-state index contributed by atoms with van der Waals surface area (Å²) in [5.41, 5.74) is 0.716. The third kappa shape index (κ3) is 6.92. The van der Waals surface area contributed by atoms with Crippen LogP contribution < -0.4 is 10.1 Å². The number of thioether (sulfide) groups is 1. The number of carbonyl (C=O) groups is 2. The Balaban J connectivity index is 1.93. The maximum absolute atomic E-state index is 12.4. The van der Waals surface area contributed by atoms with Crippen LogP contribution in [-0.4, -0.2) is 35.0 Å². The lowest BCUT2D eigenvalue weighted by Crippen LogP contribution is -2.43. The summed E-state index contributed by atoms with van der Waals surface area (Å²) in [5.74, 6) is 0.114. The number of esters is 1. The fourth-order valence-corrected chi connectivity index (χ4v) is 2.69. The van der Waals surface area contributed by atoms with E-state index in [1.165, 1.54) is 36.0 Å². The topological polar surface area (TPSA) is 108 Å². The molecule has 28 heavy (non-hydrogen) atoms. The highest BCUT2D eigenvalue weighted by molar-refractivity contribution is 7.98. The van der Waals surface area contributed by atoms with Gasteiger partial charge in [-0.2, -0.15) is 11.8 Å². The zero-order chi connectivity index (χ0) is 20.4. The van der Waals surface area contributed by atoms with Gasteiger partial charge in [0.15, 0.2) is 0 Å². The SMILES string of the molecule is CSCC[C@@H](NC(=O)OCc1ccccc1)C(=O)Oc1ccc([N+](=O)[O-])cc1. The van der Waals surface area contributed by atoms with Crippen LogP contribution in [0.25, 0.3) is 0 Å². The second-order valence-corrected chi connectivity index (χ2v) is 6.70. The first-order chi connectivity index (χ1) is 13.5. The fraction of sp³-hybridized carbons (Fsp3) is 0.263. The van der Waals surface area contributed by atoms with Crippen LogP contribution in [0.1, 0.15) is 12.0 Å². The minimum absolute atomic E-state index is 0.0827. The molecule has 2 aromatic carbocycles. The molecule has 1 N–H and O–H groups in total. The summed E-state index contributed by atoms with van der Waals surface area (Å²) in [4.78, 5) is 34.6. The van der Waals surface area contributed by atoms with Gasteiger partial charge >= 0.3 is 12.1 Å². The van der Waals surface area contributed by atoms with Gasteiger partial charge in [-0.1, -0.05) is 30.3 Å². The molecule has 0 aliphatic carbocycles. The van der Waals surface area contributed by atoms with Crippen LogP contribution in [-0.2, 0) is 16.1 Å². The number of non-ortho nitro benzene ring substituents is 1. The van der Waals surface area contributed by atoms with Gasteiger partial charge in [-0.05, 0) is 36.1 Å². The van der Waals surface area contributed by atoms with Gasteiger partial charge in [-0.25, -0.2) is 9.59 Å². The molecule has 0 fully saturated rings. The molecular weight excluding hydrogens is 384 g/mol. The van der Waals surface area contributed by atoms with Crippen LogP contribution in [0, 0.1) is 10.1 Å². The van der Waals surface area contributed by atoms with Crippen molar-refractivity contribution in [2.24, 2.45) is 0 Å². The highest BCUT2D eigenvalue weighted by Gasteiger charge is 2.23. The Morgan fingerprint density at radius 1 is 1.14 bits per heavy atom. The summed E-state index contributed by atoms with van der Waals surface area (Å²) in [6.45, 7) is 0.0827. The highest BCUT2D eigenvalue weighted by Crippen LogP contribution is 2.18. The number of hydrogen-bond acceptors (Lipinski definition) is 7. The van der Waals surface area contributed by atoms with Gasteiger partial charge in [0.25, 0.3) is 5.69 Å². The standard InChI is InChI=1S/C19H20N2O6S/c1-28-12-11-17(20-19(23)26-13-14-5-3-2-4-6-14)18(22)27-16-9-7-15(8-10-16)21(24)25/h2-10,17H,11-13H2,1H3,(H,20,23)/t17-/m1/s1. The van der Waals surface area contributed by atoms with E-state index in [4.69, 9.17) is 9.47 Å². The normalized spacial score (nSPS) is 11.3. The Bertz CT molecular complexity index is 798. The Hall–Kier alpha value is -3.07. The molecule has 0 saturated heterocycles. The van der Waals surface area contributed by atoms with Gasteiger partial charge in [0.1, 0.15) is 18.4 Å². The number of carbonyl (C=O) groups excluding carboxylic acids is 2. The highest BCUT2D eigenvalue weighted by atomic mass is 32.2. The van der Waals surface area contributed by atoms with Crippen molar-refractivity contribution in [1.82, 2.24) is 5.32 Å². The number of amides is 1. The van der Waals surface area contributed by atoms with Gasteiger partial charge in [0, 0.05) is 12.1 Å². The summed E-state index contributed by atoms with van der Waals surface area (Å²) in [6, 6.07) is 13.4. The number of alkyl carbamates (subject to hydrolysis) is 1. The molecule has 9 heteroatoms. The van der Waals surface area contributed by atoms with Crippen molar-refractivity contribution in [3.05, 3.63) is 70.3 Å². The molecular formula is C19H20N2O6S. The Morgan fingerprint density at radius 3 is 2.43 bits per heavy atom. The minimum Gasteiger partial charge on any atom is -0.445 e. The summed E-state index contributed by atoms with van der Waals surface area (Å²) in [5, 5.41) is 13.2. The lowest BCUT2D eigenvalue weighted by atomic mass is 10.2. The van der Waals surface area contributed by atoms with Crippen molar-refractivity contribution >= 4 is 29.5 Å². The number of benzene rings is 2. The molecule has 0 bridgehead atoms. The first-order valence-corrected chi connectivity index (χ1v) is 9.81. The van der Waals surface area contributed by atoms with Crippen LogP contribution in [0.4, 0.5) is 10.5 Å². The van der Waals surface area contributed by atoms with Crippen LogP contribution in [0.3, 0.4) is 0 Å². The fourth-order valence-electron chi connectivity index (χ4n) is 2.21. The number of nitrogens with zero attached hydrogens (tertiary/aromatic N) is 1.